The van der Waals surface area contributed by atoms with E-state index in [0.29, 0.717) is 17.7 Å². The lowest BCUT2D eigenvalue weighted by atomic mass is 9.49. The minimum atomic E-state index is -0.426. The van der Waals surface area contributed by atoms with Crippen molar-refractivity contribution in [2.75, 3.05) is 5.43 Å². The number of anilines is 1. The molecule has 1 N–H and O–H groups in total. The molecule has 8 rings (SSSR count). The monoisotopic (exact) mass is 504 g/mol. The zero-order valence-corrected chi connectivity index (χ0v) is 21.4. The summed E-state index contributed by atoms with van der Waals surface area (Å²) in [5.74, 6) is 2.32. The third-order valence-corrected chi connectivity index (χ3v) is 9.01. The van der Waals surface area contributed by atoms with Crippen molar-refractivity contribution in [3.05, 3.63) is 111 Å². The van der Waals surface area contributed by atoms with E-state index in [2.05, 4.69) is 10.5 Å². The van der Waals surface area contributed by atoms with E-state index in [1.54, 1.807) is 4.57 Å². The molecule has 6 nitrogen and oxygen atoms in total. The summed E-state index contributed by atoms with van der Waals surface area (Å²) in [6, 6.07) is 26.8. The fourth-order valence-electron chi connectivity index (χ4n) is 7.96. The van der Waals surface area contributed by atoms with Crippen LogP contribution in [0.25, 0.3) is 16.7 Å². The van der Waals surface area contributed by atoms with Crippen LogP contribution in [0, 0.1) is 23.2 Å². The number of nitrogens with one attached hydrogen (secondary N) is 1. The fraction of sp³-hybridized carbons (Fsp3) is 0.344. The van der Waals surface area contributed by atoms with E-state index in [4.69, 9.17) is 0 Å². The second-order valence-electron chi connectivity index (χ2n) is 11.7. The van der Waals surface area contributed by atoms with Crippen molar-refractivity contribution >= 4 is 16.7 Å². The Morgan fingerprint density at radius 1 is 0.711 bits per heavy atom. The second-order valence-corrected chi connectivity index (χ2v) is 11.7. The molecule has 0 atom stereocenters. The number of para-hydroxylation sites is 4. The normalized spacial score (nSPS) is 26.1. The molecule has 4 fully saturated rings. The predicted octanol–water partition coefficient (Wildman–Crippen LogP) is 5.30. The first kappa shape index (κ1) is 23.2. The first-order chi connectivity index (χ1) is 18.6. The summed E-state index contributed by atoms with van der Waals surface area (Å²) in [5.41, 5.74) is 5.25. The molecule has 3 aromatic carbocycles. The zero-order chi connectivity index (χ0) is 25.7. The van der Waals surface area contributed by atoms with Crippen LogP contribution < -0.4 is 21.9 Å². The lowest BCUT2D eigenvalue weighted by molar-refractivity contribution is -0.0617. The van der Waals surface area contributed by atoms with Gasteiger partial charge in [0, 0.05) is 12.2 Å². The highest BCUT2D eigenvalue weighted by molar-refractivity contribution is 5.76. The van der Waals surface area contributed by atoms with Crippen molar-refractivity contribution in [3.63, 3.8) is 0 Å². The average Bonchev–Trinajstić information content (AvgIpc) is 3.00. The van der Waals surface area contributed by atoms with Crippen molar-refractivity contribution in [3.8, 4) is 5.69 Å². The van der Waals surface area contributed by atoms with E-state index in [1.807, 2.05) is 89.5 Å². The Kier molecular flexibility index (Phi) is 5.57. The van der Waals surface area contributed by atoms with Gasteiger partial charge in [-0.25, -0.2) is 0 Å². The minimum Gasteiger partial charge on any atom is -0.304 e. The maximum atomic E-state index is 14.3. The molecule has 0 spiro atoms. The van der Waals surface area contributed by atoms with Gasteiger partial charge in [-0.3, -0.25) is 19.6 Å². The third-order valence-electron chi connectivity index (χ3n) is 9.01. The van der Waals surface area contributed by atoms with E-state index >= 15 is 0 Å². The standard InChI is InChI=1S/C32H32N4O2/c37-30-29(34-33-25-9-3-1-4-10-25)31(38)36(26-11-5-2-6-12-26)28-14-8-7-13-27(28)35(30)21-32-18-22-15-23(19-32)17-24(16-22)20-32/h1-14,22-24,33H,15-21H2/b34-29-. The molecule has 192 valence electrons. The van der Waals surface area contributed by atoms with Crippen LogP contribution in [-0.2, 0) is 6.54 Å². The largest absolute Gasteiger partial charge is 0.304 e. The van der Waals surface area contributed by atoms with Crippen LogP contribution in [0.1, 0.15) is 38.5 Å². The molecule has 0 amide bonds. The van der Waals surface area contributed by atoms with Gasteiger partial charge in [0.1, 0.15) is 0 Å². The van der Waals surface area contributed by atoms with Crippen molar-refractivity contribution in [1.82, 2.24) is 9.13 Å². The summed E-state index contributed by atoms with van der Waals surface area (Å²) in [6.45, 7) is 0.632. The average molecular weight is 505 g/mol. The molecule has 4 bridgehead atoms. The van der Waals surface area contributed by atoms with Crippen LogP contribution in [0.2, 0.25) is 0 Å². The number of fused-ring (bicyclic) bond motifs is 1. The molecule has 0 saturated heterocycles. The first-order valence-electron chi connectivity index (χ1n) is 13.8. The van der Waals surface area contributed by atoms with Crippen LogP contribution in [0.3, 0.4) is 0 Å². The Balaban J connectivity index is 1.50. The van der Waals surface area contributed by atoms with Gasteiger partial charge in [-0.15, -0.1) is 0 Å². The third kappa shape index (κ3) is 3.99. The van der Waals surface area contributed by atoms with E-state index in [9.17, 15) is 9.59 Å². The summed E-state index contributed by atoms with van der Waals surface area (Å²) in [7, 11) is 0. The topological polar surface area (TPSA) is 68.4 Å². The second kappa shape index (κ2) is 9.12. The number of benzene rings is 3. The molecule has 4 saturated carbocycles. The molecule has 38 heavy (non-hydrogen) atoms. The van der Waals surface area contributed by atoms with Gasteiger partial charge in [-0.1, -0.05) is 48.5 Å². The van der Waals surface area contributed by atoms with Crippen molar-refractivity contribution in [1.29, 1.82) is 0 Å². The molecule has 1 aromatic heterocycles. The van der Waals surface area contributed by atoms with Crippen LogP contribution in [0.4, 0.5) is 5.69 Å². The summed E-state index contributed by atoms with van der Waals surface area (Å²) in [4.78, 5) is 28.5. The van der Waals surface area contributed by atoms with E-state index in [-0.39, 0.29) is 16.3 Å². The highest BCUT2D eigenvalue weighted by Gasteiger charge is 2.51. The van der Waals surface area contributed by atoms with E-state index < -0.39 is 5.56 Å². The number of hydrogen-bond donors (Lipinski definition) is 1. The SMILES string of the molecule is O=c1/c(=N/Nc2ccccc2)c(=O)n(-c2ccccc2)c2ccccc2n1CC12CC3CC(CC(C3)C1)C2. The van der Waals surface area contributed by atoms with Gasteiger partial charge in [0.05, 0.1) is 16.7 Å². The van der Waals surface area contributed by atoms with Crippen molar-refractivity contribution in [2.24, 2.45) is 28.3 Å². The van der Waals surface area contributed by atoms with Crippen LogP contribution >= 0.6 is 0 Å². The highest BCUT2D eigenvalue weighted by atomic mass is 16.1. The lowest BCUT2D eigenvalue weighted by Gasteiger charge is -2.57. The predicted molar refractivity (Wildman–Crippen MR) is 150 cm³/mol. The number of nitrogens with zero attached hydrogens (tertiary/aromatic N) is 3. The Morgan fingerprint density at radius 3 is 1.89 bits per heavy atom. The Labute approximate surface area is 221 Å². The van der Waals surface area contributed by atoms with E-state index in [0.717, 1.165) is 29.0 Å². The Morgan fingerprint density at radius 2 is 1.26 bits per heavy atom. The molecule has 6 heteroatoms. The molecule has 4 aliphatic carbocycles. The quantitative estimate of drug-likeness (QED) is 0.375. The lowest BCUT2D eigenvalue weighted by Crippen LogP contribution is -2.51. The molecule has 0 unspecified atom stereocenters. The Hall–Kier alpha value is -3.93. The van der Waals surface area contributed by atoms with Gasteiger partial charge < -0.3 is 4.57 Å². The number of rotatable bonds is 5. The summed E-state index contributed by atoms with van der Waals surface area (Å²) in [5, 5.41) is 4.36. The molecule has 4 aliphatic rings. The van der Waals surface area contributed by atoms with Gasteiger partial charge >= 0.3 is 0 Å². The van der Waals surface area contributed by atoms with Crippen LogP contribution in [-0.4, -0.2) is 9.13 Å². The van der Waals surface area contributed by atoms with Crippen LogP contribution in [0.5, 0.6) is 0 Å². The molecule has 0 radical (unpaired) electrons. The van der Waals surface area contributed by atoms with Gasteiger partial charge in [0.25, 0.3) is 11.1 Å². The van der Waals surface area contributed by atoms with Crippen molar-refractivity contribution in [2.45, 2.75) is 45.1 Å². The molecular weight excluding hydrogens is 472 g/mol. The smallest absolute Gasteiger partial charge is 0.289 e. The van der Waals surface area contributed by atoms with E-state index in [1.165, 1.54) is 38.5 Å². The molecular formula is C32H32N4O2. The number of aromatic nitrogens is 2. The van der Waals surface area contributed by atoms with Crippen molar-refractivity contribution < 1.29 is 0 Å². The molecule has 0 aliphatic heterocycles. The zero-order valence-electron chi connectivity index (χ0n) is 21.4. The van der Waals surface area contributed by atoms with Gasteiger partial charge in [-0.05, 0) is 98.1 Å². The summed E-state index contributed by atoms with van der Waals surface area (Å²) < 4.78 is 3.51. The van der Waals surface area contributed by atoms with Gasteiger partial charge in [-0.2, -0.15) is 5.10 Å². The fourth-order valence-corrected chi connectivity index (χ4v) is 7.96. The molecule has 4 aromatic rings. The Bertz CT molecular complexity index is 1650. The first-order valence-corrected chi connectivity index (χ1v) is 13.8. The van der Waals surface area contributed by atoms with Gasteiger partial charge in [0.15, 0.2) is 0 Å². The number of hydrogen-bond acceptors (Lipinski definition) is 4. The summed E-state index contributed by atoms with van der Waals surface area (Å²) in [6.07, 6.45) is 7.56. The van der Waals surface area contributed by atoms with Gasteiger partial charge in [0.2, 0.25) is 5.36 Å². The summed E-state index contributed by atoms with van der Waals surface area (Å²) >= 11 is 0. The minimum absolute atomic E-state index is 0.0985. The maximum Gasteiger partial charge on any atom is 0.289 e. The maximum absolute atomic E-state index is 14.3. The highest BCUT2D eigenvalue weighted by Crippen LogP contribution is 2.60. The molecule has 1 heterocycles. The van der Waals surface area contributed by atoms with Crippen LogP contribution in [0.15, 0.2) is 99.6 Å².